The van der Waals surface area contributed by atoms with E-state index in [0.29, 0.717) is 27.3 Å². The van der Waals surface area contributed by atoms with Crippen molar-refractivity contribution in [1.29, 1.82) is 0 Å². The van der Waals surface area contributed by atoms with E-state index in [1.807, 2.05) is 0 Å². The van der Waals surface area contributed by atoms with Crippen LogP contribution < -0.4 is 5.56 Å². The lowest BCUT2D eigenvalue weighted by Gasteiger charge is -2.09. The molecule has 0 saturated heterocycles. The van der Waals surface area contributed by atoms with Crippen LogP contribution in [-0.2, 0) is 0 Å². The van der Waals surface area contributed by atoms with Gasteiger partial charge in [0.1, 0.15) is 17.0 Å². The summed E-state index contributed by atoms with van der Waals surface area (Å²) < 4.78 is 16.7. The minimum absolute atomic E-state index is 0.0985. The summed E-state index contributed by atoms with van der Waals surface area (Å²) >= 11 is 5.92. The van der Waals surface area contributed by atoms with Crippen molar-refractivity contribution >= 4 is 22.5 Å². The van der Waals surface area contributed by atoms with Gasteiger partial charge in [-0.2, -0.15) is 14.9 Å². The van der Waals surface area contributed by atoms with Crippen molar-refractivity contribution in [3.8, 4) is 11.4 Å². The highest BCUT2D eigenvalue weighted by atomic mass is 35.5. The van der Waals surface area contributed by atoms with Crippen LogP contribution in [0.15, 0.2) is 59.5 Å². The summed E-state index contributed by atoms with van der Waals surface area (Å²) in [5.41, 5.74) is 1.25. The Bertz CT molecular complexity index is 1150. The summed E-state index contributed by atoms with van der Waals surface area (Å²) in [6, 6.07) is 13.0. The predicted octanol–water partition coefficient (Wildman–Crippen LogP) is 3.67. The highest BCUT2D eigenvalue weighted by Gasteiger charge is 2.17. The Morgan fingerprint density at radius 2 is 1.76 bits per heavy atom. The largest absolute Gasteiger partial charge is 0.298 e. The number of rotatable bonds is 2. The number of hydrogen-bond acceptors (Lipinski definition) is 3. The third-order valence-electron chi connectivity index (χ3n) is 3.96. The first-order valence-electron chi connectivity index (χ1n) is 7.55. The van der Waals surface area contributed by atoms with Crippen molar-refractivity contribution in [1.82, 2.24) is 19.6 Å². The van der Waals surface area contributed by atoms with Crippen molar-refractivity contribution in [2.24, 2.45) is 0 Å². The molecule has 0 radical (unpaired) electrons. The van der Waals surface area contributed by atoms with Crippen LogP contribution in [-0.4, -0.2) is 19.6 Å². The van der Waals surface area contributed by atoms with Gasteiger partial charge in [0, 0.05) is 10.4 Å². The van der Waals surface area contributed by atoms with Crippen molar-refractivity contribution < 1.29 is 4.39 Å². The van der Waals surface area contributed by atoms with E-state index in [2.05, 4.69) is 10.2 Å². The van der Waals surface area contributed by atoms with Crippen LogP contribution in [0.5, 0.6) is 0 Å². The zero-order valence-electron chi connectivity index (χ0n) is 13.1. The van der Waals surface area contributed by atoms with Crippen molar-refractivity contribution in [3.63, 3.8) is 0 Å². The molecule has 0 spiro atoms. The van der Waals surface area contributed by atoms with E-state index in [9.17, 15) is 9.18 Å². The summed E-state index contributed by atoms with van der Waals surface area (Å²) in [5, 5.41) is 9.75. The Balaban J connectivity index is 2.05. The van der Waals surface area contributed by atoms with Gasteiger partial charge in [-0.15, -0.1) is 0 Å². The lowest BCUT2D eigenvalue weighted by Crippen LogP contribution is -2.24. The molecule has 5 nitrogen and oxygen atoms in total. The van der Waals surface area contributed by atoms with Crippen LogP contribution in [0.2, 0.25) is 5.02 Å². The third kappa shape index (κ3) is 2.51. The van der Waals surface area contributed by atoms with Gasteiger partial charge in [0.25, 0.3) is 5.56 Å². The fraction of sp³-hybridized carbons (Fsp3) is 0.0556. The average Bonchev–Trinajstić information content (AvgIpc) is 3.05. The zero-order chi connectivity index (χ0) is 17.6. The molecular weight excluding hydrogens is 343 g/mol. The average molecular weight is 355 g/mol. The molecule has 0 unspecified atom stereocenters. The van der Waals surface area contributed by atoms with Gasteiger partial charge < -0.3 is 0 Å². The SMILES string of the molecule is Cc1nn(-c2ccccc2F)c(=O)c2c1cnn2-c1ccc(Cl)cc1. The van der Waals surface area contributed by atoms with Crippen LogP contribution in [0.1, 0.15) is 5.69 Å². The molecule has 25 heavy (non-hydrogen) atoms. The summed E-state index contributed by atoms with van der Waals surface area (Å²) in [6.07, 6.45) is 1.58. The third-order valence-corrected chi connectivity index (χ3v) is 4.21. The van der Waals surface area contributed by atoms with E-state index < -0.39 is 11.4 Å². The number of aromatic nitrogens is 4. The number of benzene rings is 2. The van der Waals surface area contributed by atoms with Crippen molar-refractivity contribution in [2.75, 3.05) is 0 Å². The minimum atomic E-state index is -0.520. The first kappa shape index (κ1) is 15.5. The van der Waals surface area contributed by atoms with E-state index in [-0.39, 0.29) is 5.69 Å². The van der Waals surface area contributed by atoms with Crippen LogP contribution in [0.25, 0.3) is 22.3 Å². The molecule has 0 bridgehead atoms. The second-order valence-electron chi connectivity index (χ2n) is 5.55. The molecule has 0 N–H and O–H groups in total. The lowest BCUT2D eigenvalue weighted by atomic mass is 10.2. The second kappa shape index (κ2) is 5.82. The molecular formula is C18H12ClFN4O. The van der Waals surface area contributed by atoms with Gasteiger partial charge in [-0.25, -0.2) is 9.07 Å². The van der Waals surface area contributed by atoms with Crippen molar-refractivity contribution in [2.45, 2.75) is 6.92 Å². The molecule has 0 saturated carbocycles. The normalized spacial score (nSPS) is 11.2. The topological polar surface area (TPSA) is 52.7 Å². The Hall–Kier alpha value is -2.99. The molecule has 0 aliphatic carbocycles. The second-order valence-corrected chi connectivity index (χ2v) is 5.99. The van der Waals surface area contributed by atoms with Crippen molar-refractivity contribution in [3.05, 3.63) is 81.6 Å². The first-order chi connectivity index (χ1) is 12.1. The Kier molecular flexibility index (Phi) is 3.62. The molecule has 4 rings (SSSR count). The zero-order valence-corrected chi connectivity index (χ0v) is 13.9. The maximum atomic E-state index is 14.1. The fourth-order valence-corrected chi connectivity index (χ4v) is 2.86. The molecule has 124 valence electrons. The number of hydrogen-bond donors (Lipinski definition) is 0. The quantitative estimate of drug-likeness (QED) is 0.552. The van der Waals surface area contributed by atoms with Crippen LogP contribution in [0.4, 0.5) is 4.39 Å². The molecule has 4 aromatic rings. The maximum Gasteiger partial charge on any atom is 0.298 e. The monoisotopic (exact) mass is 354 g/mol. The Labute approximate surface area is 146 Å². The number of fused-ring (bicyclic) bond motifs is 1. The summed E-state index contributed by atoms with van der Waals surface area (Å²) in [5.74, 6) is -0.520. The highest BCUT2D eigenvalue weighted by Crippen LogP contribution is 2.20. The van der Waals surface area contributed by atoms with E-state index in [1.54, 1.807) is 49.5 Å². The van der Waals surface area contributed by atoms with Gasteiger partial charge in [-0.3, -0.25) is 4.79 Å². The van der Waals surface area contributed by atoms with E-state index >= 15 is 0 Å². The minimum Gasteiger partial charge on any atom is -0.265 e. The van der Waals surface area contributed by atoms with Gasteiger partial charge in [0.2, 0.25) is 0 Å². The molecule has 0 atom stereocenters. The fourth-order valence-electron chi connectivity index (χ4n) is 2.73. The number of aryl methyl sites for hydroxylation is 1. The molecule has 2 aromatic carbocycles. The first-order valence-corrected chi connectivity index (χ1v) is 7.92. The van der Waals surface area contributed by atoms with Crippen LogP contribution in [0.3, 0.4) is 0 Å². The molecule has 7 heteroatoms. The van der Waals surface area contributed by atoms with Gasteiger partial charge in [0.15, 0.2) is 0 Å². The van der Waals surface area contributed by atoms with Gasteiger partial charge in [-0.05, 0) is 43.3 Å². The van der Waals surface area contributed by atoms with E-state index in [1.165, 1.54) is 16.8 Å². The highest BCUT2D eigenvalue weighted by molar-refractivity contribution is 6.30. The predicted molar refractivity (Wildman–Crippen MR) is 94.2 cm³/mol. The Morgan fingerprint density at radius 3 is 2.48 bits per heavy atom. The van der Waals surface area contributed by atoms with Crippen LogP contribution in [0, 0.1) is 12.7 Å². The molecule has 2 heterocycles. The molecule has 0 amide bonds. The van der Waals surface area contributed by atoms with E-state index in [0.717, 1.165) is 4.68 Å². The Morgan fingerprint density at radius 1 is 1.04 bits per heavy atom. The molecule has 2 aromatic heterocycles. The smallest absolute Gasteiger partial charge is 0.265 e. The van der Waals surface area contributed by atoms with Gasteiger partial charge in [-0.1, -0.05) is 23.7 Å². The molecule has 0 aliphatic rings. The van der Waals surface area contributed by atoms with Gasteiger partial charge >= 0.3 is 0 Å². The van der Waals surface area contributed by atoms with Crippen LogP contribution >= 0.6 is 11.6 Å². The summed E-state index contributed by atoms with van der Waals surface area (Å²) in [6.45, 7) is 1.76. The molecule has 0 aliphatic heterocycles. The molecule has 0 fully saturated rings. The lowest BCUT2D eigenvalue weighted by molar-refractivity contribution is 0.605. The van der Waals surface area contributed by atoms with E-state index in [4.69, 9.17) is 11.6 Å². The number of para-hydroxylation sites is 1. The standard InChI is InChI=1S/C18H12ClFN4O/c1-11-14-10-21-23(13-8-6-12(19)7-9-13)17(14)18(25)24(22-11)16-5-3-2-4-15(16)20/h2-10H,1H3. The number of halogens is 2. The summed E-state index contributed by atoms with van der Waals surface area (Å²) in [7, 11) is 0. The maximum absolute atomic E-state index is 14.1. The van der Waals surface area contributed by atoms with Gasteiger partial charge in [0.05, 0.1) is 17.6 Å². The number of nitrogens with zero attached hydrogens (tertiary/aromatic N) is 4. The summed E-state index contributed by atoms with van der Waals surface area (Å²) in [4.78, 5) is 13.0.